The van der Waals surface area contributed by atoms with Crippen LogP contribution in [-0.4, -0.2) is 18.9 Å². The van der Waals surface area contributed by atoms with Crippen molar-refractivity contribution in [2.24, 2.45) is 0 Å². The van der Waals surface area contributed by atoms with Crippen LogP contribution in [-0.2, 0) is 15.5 Å². The van der Waals surface area contributed by atoms with E-state index in [1.165, 1.54) is 17.7 Å². The van der Waals surface area contributed by atoms with Crippen molar-refractivity contribution in [2.45, 2.75) is 31.7 Å². The van der Waals surface area contributed by atoms with Crippen LogP contribution < -0.4 is 14.0 Å². The summed E-state index contributed by atoms with van der Waals surface area (Å²) >= 11 is 0. The first-order valence-electron chi connectivity index (χ1n) is 20.2. The van der Waals surface area contributed by atoms with E-state index in [1.807, 2.05) is 122 Å². The number of nitrogens with zero attached hydrogens (tertiary/aromatic N) is 3. The van der Waals surface area contributed by atoms with Crippen LogP contribution in [0.1, 0.15) is 30.5 Å². The Balaban J connectivity index is 1.21. The number of furan rings is 1. The quantitative estimate of drug-likeness (QED) is 0.106. The average molecular weight is 858 g/mol. The Morgan fingerprint density at radius 1 is 0.603 bits per heavy atom. The molecule has 7 nitrogen and oxygen atoms in total. The van der Waals surface area contributed by atoms with Gasteiger partial charge in [-0.05, 0) is 119 Å². The van der Waals surface area contributed by atoms with E-state index in [4.69, 9.17) is 8.60 Å². The second kappa shape index (κ2) is 14.9. The highest BCUT2D eigenvalue weighted by Crippen LogP contribution is 2.52. The van der Waals surface area contributed by atoms with Crippen molar-refractivity contribution in [3.8, 4) is 28.0 Å². The van der Waals surface area contributed by atoms with Crippen LogP contribution in [0.25, 0.3) is 44.2 Å². The minimum absolute atomic E-state index is 0.238. The Hall–Kier alpha value is -7.37. The van der Waals surface area contributed by atoms with E-state index in [1.54, 1.807) is 23.4 Å². The molecule has 1 aliphatic rings. The molecule has 63 heavy (non-hydrogen) atoms. The highest BCUT2D eigenvalue weighted by molar-refractivity contribution is 7.88. The van der Waals surface area contributed by atoms with Gasteiger partial charge in [0.25, 0.3) is 0 Å². The fraction of sp³-hybridized carbons (Fsp3) is 0.0962. The van der Waals surface area contributed by atoms with Gasteiger partial charge in [-0.1, -0.05) is 98.8 Å². The molecule has 0 saturated carbocycles. The largest absolute Gasteiger partial charge is 0.534 e. The number of anilines is 6. The first-order valence-corrected chi connectivity index (χ1v) is 21.7. The molecule has 0 bridgehead atoms. The SMILES string of the molecule is Cc1cccc(N(c2cccc(-c3ccccc3)c2)c2ccc3oc4c(N(c5cccnc5)c5ccc6c(c5)-c5ccccc5C6(C)C)cc(OS(=O)(=O)C(F)(F)F)cc4c3c2)c1. The minimum Gasteiger partial charge on any atom is -0.454 e. The standard InChI is InChI=1S/C52H38F3N3O4S/c1-33-12-9-16-36(26-33)57(37-17-10-15-35(27-37)34-13-5-4-6-14-34)38-22-24-49-44(29-38)45-30-41(62-63(59,60)52(53,54)55)31-48(50(45)61-49)58(40-18-11-25-56-32-40)39-21-23-47-43(28-39)42-19-7-8-20-46(42)51(47,2)3/h4-32H,1-3H3. The van der Waals surface area contributed by atoms with E-state index in [-0.39, 0.29) is 16.7 Å². The van der Waals surface area contributed by atoms with Crippen molar-refractivity contribution >= 4 is 66.2 Å². The van der Waals surface area contributed by atoms with Crippen LogP contribution in [0.3, 0.4) is 0 Å². The van der Waals surface area contributed by atoms with Gasteiger partial charge in [-0.3, -0.25) is 4.98 Å². The third-order valence-corrected chi connectivity index (χ3v) is 12.7. The number of halogens is 3. The van der Waals surface area contributed by atoms with Crippen molar-refractivity contribution in [2.75, 3.05) is 9.80 Å². The molecule has 0 amide bonds. The Labute approximate surface area is 362 Å². The molecule has 2 heterocycles. The van der Waals surface area contributed by atoms with E-state index >= 15 is 0 Å². The predicted octanol–water partition coefficient (Wildman–Crippen LogP) is 14.4. The van der Waals surface area contributed by atoms with Gasteiger partial charge in [0.05, 0.1) is 17.6 Å². The Bertz CT molecular complexity index is 3330. The second-order valence-electron chi connectivity index (χ2n) is 16.1. The van der Waals surface area contributed by atoms with E-state index < -0.39 is 21.4 Å². The van der Waals surface area contributed by atoms with E-state index in [0.717, 1.165) is 50.4 Å². The number of benzene rings is 7. The molecule has 2 aromatic heterocycles. The summed E-state index contributed by atoms with van der Waals surface area (Å²) in [5.74, 6) is -0.546. The van der Waals surface area contributed by atoms with Crippen LogP contribution in [0.2, 0.25) is 0 Å². The lowest BCUT2D eigenvalue weighted by Gasteiger charge is -2.27. The number of aromatic nitrogens is 1. The molecule has 11 heteroatoms. The Kier molecular flexibility index (Phi) is 9.41. The Morgan fingerprint density at radius 2 is 1.27 bits per heavy atom. The lowest BCUT2D eigenvalue weighted by molar-refractivity contribution is -0.0500. The molecule has 0 fully saturated rings. The maximum atomic E-state index is 14.0. The lowest BCUT2D eigenvalue weighted by atomic mass is 9.82. The third kappa shape index (κ3) is 6.94. The highest BCUT2D eigenvalue weighted by atomic mass is 32.2. The third-order valence-electron chi connectivity index (χ3n) is 11.7. The summed E-state index contributed by atoms with van der Waals surface area (Å²) < 4.78 is 79.0. The summed E-state index contributed by atoms with van der Waals surface area (Å²) in [6, 6.07) is 52.2. The number of pyridine rings is 1. The fourth-order valence-electron chi connectivity index (χ4n) is 8.78. The molecule has 1 aliphatic carbocycles. The lowest BCUT2D eigenvalue weighted by Crippen LogP contribution is -2.28. The molecule has 0 N–H and O–H groups in total. The van der Waals surface area contributed by atoms with Crippen molar-refractivity contribution in [3.05, 3.63) is 193 Å². The zero-order valence-electron chi connectivity index (χ0n) is 34.3. The number of hydrogen-bond acceptors (Lipinski definition) is 7. The smallest absolute Gasteiger partial charge is 0.454 e. The zero-order valence-corrected chi connectivity index (χ0v) is 35.1. The van der Waals surface area contributed by atoms with Gasteiger partial charge in [0.15, 0.2) is 5.58 Å². The van der Waals surface area contributed by atoms with Crippen LogP contribution in [0, 0.1) is 6.92 Å². The zero-order chi connectivity index (χ0) is 43.7. The van der Waals surface area contributed by atoms with Crippen molar-refractivity contribution < 1.29 is 30.2 Å². The molecular weight excluding hydrogens is 820 g/mol. The summed E-state index contributed by atoms with van der Waals surface area (Å²) in [7, 11) is -6.08. The van der Waals surface area contributed by atoms with Crippen LogP contribution in [0.4, 0.5) is 47.3 Å². The van der Waals surface area contributed by atoms with Gasteiger partial charge in [0, 0.05) is 51.2 Å². The molecule has 312 valence electrons. The molecule has 10 rings (SSSR count). The minimum atomic E-state index is -6.08. The molecule has 0 spiro atoms. The van der Waals surface area contributed by atoms with Crippen molar-refractivity contribution in [3.63, 3.8) is 0 Å². The number of rotatable bonds is 9. The molecule has 0 aliphatic heterocycles. The molecule has 0 atom stereocenters. The van der Waals surface area contributed by atoms with Gasteiger partial charge in [-0.15, -0.1) is 0 Å². The summed E-state index contributed by atoms with van der Waals surface area (Å²) in [5, 5.41) is 0.853. The van der Waals surface area contributed by atoms with Crippen LogP contribution >= 0.6 is 0 Å². The summed E-state index contributed by atoms with van der Waals surface area (Å²) in [6.07, 6.45) is 3.24. The average Bonchev–Trinajstić information content (AvgIpc) is 3.75. The number of hydrogen-bond donors (Lipinski definition) is 0. The Morgan fingerprint density at radius 3 is 2.03 bits per heavy atom. The van der Waals surface area contributed by atoms with E-state index in [9.17, 15) is 21.6 Å². The molecule has 0 unspecified atom stereocenters. The molecule has 0 radical (unpaired) electrons. The van der Waals surface area contributed by atoms with Gasteiger partial charge in [-0.2, -0.15) is 21.6 Å². The van der Waals surface area contributed by atoms with Gasteiger partial charge < -0.3 is 18.4 Å². The van der Waals surface area contributed by atoms with Gasteiger partial charge in [0.2, 0.25) is 0 Å². The molecule has 9 aromatic rings. The van der Waals surface area contributed by atoms with E-state index in [0.29, 0.717) is 27.7 Å². The van der Waals surface area contributed by atoms with Crippen molar-refractivity contribution in [1.82, 2.24) is 4.98 Å². The summed E-state index contributed by atoms with van der Waals surface area (Å²) in [6.45, 7) is 6.36. The molecular formula is C52H38F3N3O4S. The second-order valence-corrected chi connectivity index (χ2v) is 17.7. The summed E-state index contributed by atoms with van der Waals surface area (Å²) in [4.78, 5) is 8.29. The molecule has 7 aromatic carbocycles. The van der Waals surface area contributed by atoms with Crippen LogP contribution in [0.15, 0.2) is 181 Å². The van der Waals surface area contributed by atoms with Gasteiger partial charge in [0.1, 0.15) is 11.3 Å². The van der Waals surface area contributed by atoms with Gasteiger partial charge in [-0.25, -0.2) is 0 Å². The van der Waals surface area contributed by atoms with Crippen molar-refractivity contribution in [1.29, 1.82) is 0 Å². The fourth-order valence-corrected chi connectivity index (χ4v) is 9.22. The maximum Gasteiger partial charge on any atom is 0.534 e. The monoisotopic (exact) mass is 857 g/mol. The van der Waals surface area contributed by atoms with Gasteiger partial charge >= 0.3 is 15.6 Å². The number of alkyl halides is 3. The highest BCUT2D eigenvalue weighted by Gasteiger charge is 2.49. The first kappa shape index (κ1) is 39.7. The molecule has 0 saturated heterocycles. The van der Waals surface area contributed by atoms with E-state index in [2.05, 4.69) is 54.1 Å². The topological polar surface area (TPSA) is 75.9 Å². The predicted molar refractivity (Wildman–Crippen MR) is 244 cm³/mol. The number of aryl methyl sites for hydroxylation is 1. The van der Waals surface area contributed by atoms with Crippen LogP contribution in [0.5, 0.6) is 5.75 Å². The summed E-state index contributed by atoms with van der Waals surface area (Å²) in [5.41, 5.74) is 6.04. The number of fused-ring (bicyclic) bond motifs is 6. The first-order chi connectivity index (χ1) is 30.3. The maximum absolute atomic E-state index is 14.0. The normalized spacial score (nSPS) is 13.2.